The number of nitrogen functional groups attached to an aromatic ring is 1. The van der Waals surface area contributed by atoms with E-state index in [0.717, 1.165) is 35.4 Å². The van der Waals surface area contributed by atoms with Crippen LogP contribution < -0.4 is 5.73 Å². The molecule has 0 spiro atoms. The summed E-state index contributed by atoms with van der Waals surface area (Å²) < 4.78 is 2.22. The molecule has 0 atom stereocenters. The average Bonchev–Trinajstić information content (AvgIpc) is 2.80. The first kappa shape index (κ1) is 14.0. The van der Waals surface area contributed by atoms with Gasteiger partial charge in [0, 0.05) is 17.8 Å². The van der Waals surface area contributed by atoms with Gasteiger partial charge in [-0.05, 0) is 49.2 Å². The molecule has 0 aliphatic rings. The van der Waals surface area contributed by atoms with Crippen molar-refractivity contribution < 1.29 is 0 Å². The van der Waals surface area contributed by atoms with E-state index in [9.17, 15) is 0 Å². The summed E-state index contributed by atoms with van der Waals surface area (Å²) in [6.45, 7) is 5.14. The monoisotopic (exact) mass is 299 g/mol. The molecule has 1 heterocycles. The Hall–Kier alpha value is -2.00. The maximum absolute atomic E-state index is 6.35. The first-order valence-corrected chi connectivity index (χ1v) is 7.50. The van der Waals surface area contributed by atoms with E-state index < -0.39 is 0 Å². The molecule has 3 nitrogen and oxygen atoms in total. The van der Waals surface area contributed by atoms with E-state index in [2.05, 4.69) is 36.6 Å². The lowest BCUT2D eigenvalue weighted by Crippen LogP contribution is -2.00. The minimum absolute atomic E-state index is 0.675. The molecular weight excluding hydrogens is 282 g/mol. The van der Waals surface area contributed by atoms with Crippen molar-refractivity contribution in [3.63, 3.8) is 0 Å². The summed E-state index contributed by atoms with van der Waals surface area (Å²) in [7, 11) is 0. The Morgan fingerprint density at radius 1 is 1.19 bits per heavy atom. The molecule has 2 aromatic carbocycles. The van der Waals surface area contributed by atoms with Crippen molar-refractivity contribution in [2.24, 2.45) is 0 Å². The number of nitrogens with zero attached hydrogens (tertiary/aromatic N) is 2. The van der Waals surface area contributed by atoms with Gasteiger partial charge in [0.1, 0.15) is 5.82 Å². The molecule has 3 rings (SSSR count). The van der Waals surface area contributed by atoms with Crippen LogP contribution in [0.4, 0.5) is 5.69 Å². The van der Waals surface area contributed by atoms with Crippen LogP contribution in [0.2, 0.25) is 5.02 Å². The van der Waals surface area contributed by atoms with Crippen molar-refractivity contribution >= 4 is 28.3 Å². The zero-order valence-electron chi connectivity index (χ0n) is 12.2. The molecule has 4 heteroatoms. The number of hydrogen-bond donors (Lipinski definition) is 1. The molecule has 0 saturated carbocycles. The summed E-state index contributed by atoms with van der Waals surface area (Å²) in [6.07, 6.45) is 1.03. The highest BCUT2D eigenvalue weighted by Crippen LogP contribution is 2.32. The Morgan fingerprint density at radius 2 is 2.00 bits per heavy atom. The van der Waals surface area contributed by atoms with Gasteiger partial charge in [0.2, 0.25) is 0 Å². The van der Waals surface area contributed by atoms with Crippen LogP contribution >= 0.6 is 11.6 Å². The van der Waals surface area contributed by atoms with E-state index in [1.165, 1.54) is 5.56 Å². The van der Waals surface area contributed by atoms with Gasteiger partial charge in [-0.15, -0.1) is 0 Å². The van der Waals surface area contributed by atoms with E-state index >= 15 is 0 Å². The third kappa shape index (κ3) is 2.49. The lowest BCUT2D eigenvalue weighted by Gasteiger charge is -2.09. The van der Waals surface area contributed by atoms with E-state index in [0.29, 0.717) is 10.7 Å². The van der Waals surface area contributed by atoms with Crippen LogP contribution in [-0.4, -0.2) is 9.55 Å². The van der Waals surface area contributed by atoms with Crippen LogP contribution in [0.3, 0.4) is 0 Å². The van der Waals surface area contributed by atoms with Crippen molar-refractivity contribution in [1.82, 2.24) is 9.55 Å². The van der Waals surface area contributed by atoms with Gasteiger partial charge in [0.25, 0.3) is 0 Å². The molecule has 0 aliphatic carbocycles. The lowest BCUT2D eigenvalue weighted by molar-refractivity contribution is 0.704. The molecule has 0 aliphatic heterocycles. The van der Waals surface area contributed by atoms with Crippen molar-refractivity contribution in [2.75, 3.05) is 5.73 Å². The Bertz CT molecular complexity index is 805. The Labute approximate surface area is 129 Å². The number of aryl methyl sites for hydroxylation is 2. The van der Waals surface area contributed by atoms with Gasteiger partial charge >= 0.3 is 0 Å². The maximum Gasteiger partial charge on any atom is 0.142 e. The third-order valence-electron chi connectivity index (χ3n) is 3.58. The second-order valence-corrected chi connectivity index (χ2v) is 5.73. The second kappa shape index (κ2) is 5.41. The number of anilines is 1. The van der Waals surface area contributed by atoms with Crippen molar-refractivity contribution in [3.8, 4) is 11.4 Å². The van der Waals surface area contributed by atoms with Gasteiger partial charge < -0.3 is 10.3 Å². The van der Waals surface area contributed by atoms with Crippen LogP contribution in [0.25, 0.3) is 22.4 Å². The predicted octanol–water partition coefficient (Wildman–Crippen LogP) is 4.66. The molecule has 0 fully saturated rings. The zero-order valence-corrected chi connectivity index (χ0v) is 13.0. The minimum atomic E-state index is 0.675. The first-order valence-electron chi connectivity index (χ1n) is 7.12. The number of benzene rings is 2. The number of aromatic nitrogens is 2. The van der Waals surface area contributed by atoms with Gasteiger partial charge in [0.15, 0.2) is 0 Å². The van der Waals surface area contributed by atoms with Crippen LogP contribution in [0.15, 0.2) is 36.4 Å². The third-order valence-corrected chi connectivity index (χ3v) is 3.91. The molecule has 1 aromatic heterocycles. The first-order chi connectivity index (χ1) is 10.1. The number of halogens is 1. The number of nitrogens with two attached hydrogens (primary N) is 1. The Balaban J connectivity index is 2.30. The minimum Gasteiger partial charge on any atom is -0.399 e. The Kier molecular flexibility index (Phi) is 3.60. The summed E-state index contributed by atoms with van der Waals surface area (Å²) in [6, 6.07) is 11.9. The molecule has 108 valence electrons. The zero-order chi connectivity index (χ0) is 15.0. The average molecular weight is 300 g/mol. The standard InChI is InChI=1S/C17H18ClN3/c1-3-8-21-16-7-4-11(2)9-15(16)20-17(21)13-10-12(19)5-6-14(13)18/h4-7,9-10H,3,8,19H2,1-2H3. The Morgan fingerprint density at radius 3 is 2.76 bits per heavy atom. The van der Waals surface area contributed by atoms with E-state index in [1.54, 1.807) is 0 Å². The fourth-order valence-corrected chi connectivity index (χ4v) is 2.81. The van der Waals surface area contributed by atoms with E-state index in [4.69, 9.17) is 22.3 Å². The van der Waals surface area contributed by atoms with Gasteiger partial charge in [-0.25, -0.2) is 4.98 Å². The quantitative estimate of drug-likeness (QED) is 0.715. The molecule has 2 N–H and O–H groups in total. The molecule has 3 aromatic rings. The maximum atomic E-state index is 6.35. The SMILES string of the molecule is CCCn1c(-c2cc(N)ccc2Cl)nc2cc(C)ccc21. The number of hydrogen-bond acceptors (Lipinski definition) is 2. The number of fused-ring (bicyclic) bond motifs is 1. The molecule has 0 bridgehead atoms. The van der Waals surface area contributed by atoms with Crippen LogP contribution in [0.1, 0.15) is 18.9 Å². The van der Waals surface area contributed by atoms with Gasteiger partial charge in [-0.2, -0.15) is 0 Å². The number of rotatable bonds is 3. The molecule has 0 saturated heterocycles. The molecule has 21 heavy (non-hydrogen) atoms. The molecule has 0 unspecified atom stereocenters. The fraction of sp³-hybridized carbons (Fsp3) is 0.235. The topological polar surface area (TPSA) is 43.8 Å². The lowest BCUT2D eigenvalue weighted by atomic mass is 10.2. The second-order valence-electron chi connectivity index (χ2n) is 5.32. The van der Waals surface area contributed by atoms with Crippen LogP contribution in [-0.2, 0) is 6.54 Å². The smallest absolute Gasteiger partial charge is 0.142 e. The highest BCUT2D eigenvalue weighted by molar-refractivity contribution is 6.33. The molecule has 0 radical (unpaired) electrons. The molecular formula is C17H18ClN3. The van der Waals surface area contributed by atoms with Gasteiger partial charge in [-0.1, -0.05) is 24.6 Å². The summed E-state index contributed by atoms with van der Waals surface area (Å²) in [5, 5.41) is 0.675. The summed E-state index contributed by atoms with van der Waals surface area (Å²) in [5.41, 5.74) is 10.8. The van der Waals surface area contributed by atoms with Crippen LogP contribution in [0, 0.1) is 6.92 Å². The molecule has 0 amide bonds. The summed E-state index contributed by atoms with van der Waals surface area (Å²) >= 11 is 6.35. The highest BCUT2D eigenvalue weighted by atomic mass is 35.5. The largest absolute Gasteiger partial charge is 0.399 e. The fourth-order valence-electron chi connectivity index (χ4n) is 2.61. The predicted molar refractivity (Wildman–Crippen MR) is 89.6 cm³/mol. The highest BCUT2D eigenvalue weighted by Gasteiger charge is 2.15. The number of imidazole rings is 1. The summed E-state index contributed by atoms with van der Waals surface area (Å²) in [5.74, 6) is 0.884. The van der Waals surface area contributed by atoms with Gasteiger partial charge in [-0.3, -0.25) is 0 Å². The van der Waals surface area contributed by atoms with Crippen molar-refractivity contribution in [3.05, 3.63) is 47.0 Å². The van der Waals surface area contributed by atoms with Crippen LogP contribution in [0.5, 0.6) is 0 Å². The van der Waals surface area contributed by atoms with Crippen molar-refractivity contribution in [2.45, 2.75) is 26.8 Å². The van der Waals surface area contributed by atoms with Gasteiger partial charge in [0.05, 0.1) is 16.1 Å². The normalized spacial score (nSPS) is 11.2. The van der Waals surface area contributed by atoms with Crippen molar-refractivity contribution in [1.29, 1.82) is 0 Å². The van der Waals surface area contributed by atoms with E-state index in [1.807, 2.05) is 18.2 Å². The van der Waals surface area contributed by atoms with E-state index in [-0.39, 0.29) is 0 Å². The summed E-state index contributed by atoms with van der Waals surface area (Å²) in [4.78, 5) is 4.79.